The van der Waals surface area contributed by atoms with Crippen molar-refractivity contribution in [1.29, 1.82) is 0 Å². The van der Waals surface area contributed by atoms with E-state index in [1.165, 1.54) is 11.1 Å². The third-order valence-electron chi connectivity index (χ3n) is 5.53. The van der Waals surface area contributed by atoms with Crippen LogP contribution >= 0.6 is 0 Å². The van der Waals surface area contributed by atoms with Gasteiger partial charge >= 0.3 is 0 Å². The molecule has 1 heterocycles. The summed E-state index contributed by atoms with van der Waals surface area (Å²) in [5.41, 5.74) is 9.20. The van der Waals surface area contributed by atoms with Crippen molar-refractivity contribution in [1.82, 2.24) is 5.32 Å². The van der Waals surface area contributed by atoms with E-state index >= 15 is 0 Å². The zero-order chi connectivity index (χ0) is 20.7. The van der Waals surface area contributed by atoms with Crippen molar-refractivity contribution in [3.63, 3.8) is 0 Å². The molecule has 4 atom stereocenters. The van der Waals surface area contributed by atoms with Crippen LogP contribution in [0.3, 0.4) is 0 Å². The number of unbranched alkanes of at least 4 members (excludes halogenated alkanes) is 1. The molecule has 0 saturated carbocycles. The first-order chi connectivity index (χ1) is 14.0. The summed E-state index contributed by atoms with van der Waals surface area (Å²) < 4.78 is 12.8. The Morgan fingerprint density at radius 2 is 1.45 bits per heavy atom. The van der Waals surface area contributed by atoms with Crippen molar-refractivity contribution in [2.75, 3.05) is 6.54 Å². The summed E-state index contributed by atoms with van der Waals surface area (Å²) in [7, 11) is 0. The molecule has 4 nitrogen and oxygen atoms in total. The number of rotatable bonds is 10. The second-order valence-corrected chi connectivity index (χ2v) is 8.52. The fourth-order valence-electron chi connectivity index (χ4n) is 4.10. The van der Waals surface area contributed by atoms with Crippen molar-refractivity contribution < 1.29 is 9.47 Å². The number of nitrogens with one attached hydrogen (secondary N) is 1. The van der Waals surface area contributed by atoms with Gasteiger partial charge in [0, 0.05) is 12.1 Å². The molecule has 0 amide bonds. The molecule has 0 unspecified atom stereocenters. The van der Waals surface area contributed by atoms with Crippen LogP contribution in [0.25, 0.3) is 0 Å². The van der Waals surface area contributed by atoms with Gasteiger partial charge in [0.15, 0.2) is 5.79 Å². The zero-order valence-electron chi connectivity index (χ0n) is 18.0. The third-order valence-corrected chi connectivity index (χ3v) is 5.53. The van der Waals surface area contributed by atoms with Crippen LogP contribution < -0.4 is 11.1 Å². The van der Waals surface area contributed by atoms with Crippen LogP contribution in [0.1, 0.15) is 44.7 Å². The molecule has 0 bridgehead atoms. The lowest BCUT2D eigenvalue weighted by molar-refractivity contribution is -0.149. The molecule has 0 aromatic heterocycles. The Balaban J connectivity index is 1.78. The lowest BCUT2D eigenvalue weighted by atomic mass is 9.91. The first kappa shape index (κ1) is 22.0. The number of hydrogen-bond donors (Lipinski definition) is 2. The van der Waals surface area contributed by atoms with E-state index in [0.717, 1.165) is 32.2 Å². The maximum atomic E-state index is 6.68. The molecule has 1 aliphatic rings. The van der Waals surface area contributed by atoms with Crippen molar-refractivity contribution in [3.8, 4) is 0 Å². The lowest BCUT2D eigenvalue weighted by Gasteiger charge is -2.30. The van der Waals surface area contributed by atoms with Gasteiger partial charge in [0.2, 0.25) is 0 Å². The van der Waals surface area contributed by atoms with E-state index < -0.39 is 5.79 Å². The number of hydrogen-bond acceptors (Lipinski definition) is 4. The van der Waals surface area contributed by atoms with Crippen molar-refractivity contribution in [2.45, 2.75) is 76.5 Å². The van der Waals surface area contributed by atoms with E-state index in [2.05, 4.69) is 66.8 Å². The summed E-state index contributed by atoms with van der Waals surface area (Å²) >= 11 is 0. The Labute approximate surface area is 175 Å². The lowest BCUT2D eigenvalue weighted by Crippen LogP contribution is -2.52. The molecular weight excluding hydrogens is 360 g/mol. The van der Waals surface area contributed by atoms with E-state index in [0.29, 0.717) is 0 Å². The summed E-state index contributed by atoms with van der Waals surface area (Å²) in [5, 5.41) is 3.74. The molecule has 0 spiro atoms. The minimum absolute atomic E-state index is 0.0965. The molecule has 3 rings (SSSR count). The number of nitrogens with two attached hydrogens (primary N) is 1. The highest BCUT2D eigenvalue weighted by molar-refractivity contribution is 5.19. The Morgan fingerprint density at radius 3 is 2.03 bits per heavy atom. The Bertz CT molecular complexity index is 720. The monoisotopic (exact) mass is 396 g/mol. The van der Waals surface area contributed by atoms with Crippen molar-refractivity contribution >= 4 is 0 Å². The van der Waals surface area contributed by atoms with Crippen LogP contribution in [-0.2, 0) is 22.3 Å². The molecule has 3 N–H and O–H groups in total. The molecule has 1 fully saturated rings. The van der Waals surface area contributed by atoms with Gasteiger partial charge in [-0.2, -0.15) is 0 Å². The van der Waals surface area contributed by atoms with Gasteiger partial charge in [0.25, 0.3) is 0 Å². The second kappa shape index (κ2) is 10.4. The smallest absolute Gasteiger partial charge is 0.163 e. The molecule has 1 saturated heterocycles. The maximum absolute atomic E-state index is 6.68. The van der Waals surface area contributed by atoms with Gasteiger partial charge in [-0.25, -0.2) is 0 Å². The molecule has 0 aliphatic carbocycles. The van der Waals surface area contributed by atoms with Gasteiger partial charge < -0.3 is 20.5 Å². The van der Waals surface area contributed by atoms with Crippen LogP contribution in [0.2, 0.25) is 0 Å². The molecule has 4 heteroatoms. The highest BCUT2D eigenvalue weighted by Gasteiger charge is 2.47. The fraction of sp³-hybridized carbons (Fsp3) is 0.520. The topological polar surface area (TPSA) is 56.5 Å². The summed E-state index contributed by atoms with van der Waals surface area (Å²) in [4.78, 5) is 0. The van der Waals surface area contributed by atoms with Gasteiger partial charge in [-0.15, -0.1) is 0 Å². The van der Waals surface area contributed by atoms with E-state index in [4.69, 9.17) is 15.2 Å². The predicted molar refractivity (Wildman–Crippen MR) is 119 cm³/mol. The molecule has 1 aliphatic heterocycles. The minimum atomic E-state index is -0.634. The summed E-state index contributed by atoms with van der Waals surface area (Å²) in [6.07, 6.45) is 3.71. The normalized spacial score (nSPS) is 23.0. The van der Waals surface area contributed by atoms with Crippen LogP contribution in [0.15, 0.2) is 60.7 Å². The zero-order valence-corrected chi connectivity index (χ0v) is 18.0. The van der Waals surface area contributed by atoms with Crippen molar-refractivity contribution in [2.24, 2.45) is 5.73 Å². The van der Waals surface area contributed by atoms with Gasteiger partial charge in [-0.3, -0.25) is 0 Å². The average molecular weight is 397 g/mol. The van der Waals surface area contributed by atoms with E-state index in [-0.39, 0.29) is 24.3 Å². The first-order valence-electron chi connectivity index (χ1n) is 10.9. The standard InChI is InChI=1S/C25H36N2O2/c1-4-5-16-27-22(18-20-14-10-7-11-15-20)24-23(28-25(2,3)29-24)21(26)17-19-12-8-6-9-13-19/h6-15,21-24,27H,4-5,16-18,26H2,1-3H3/t21-,22-,23+,24+/m0/s1. The largest absolute Gasteiger partial charge is 0.343 e. The van der Waals surface area contributed by atoms with Crippen LogP contribution in [0, 0.1) is 0 Å². The molecule has 2 aromatic carbocycles. The summed E-state index contributed by atoms with van der Waals surface area (Å²) in [6.45, 7) is 7.15. The average Bonchev–Trinajstić information content (AvgIpc) is 3.04. The van der Waals surface area contributed by atoms with E-state index in [9.17, 15) is 0 Å². The second-order valence-electron chi connectivity index (χ2n) is 8.52. The van der Waals surface area contributed by atoms with E-state index in [1.54, 1.807) is 0 Å². The van der Waals surface area contributed by atoms with Gasteiger partial charge in [0.05, 0.1) is 0 Å². The van der Waals surface area contributed by atoms with Crippen LogP contribution in [-0.4, -0.2) is 36.6 Å². The number of ether oxygens (including phenoxy) is 2. The quantitative estimate of drug-likeness (QED) is 0.594. The van der Waals surface area contributed by atoms with Gasteiger partial charge in [-0.05, 0) is 50.8 Å². The first-order valence-corrected chi connectivity index (χ1v) is 10.9. The molecule has 0 radical (unpaired) electrons. The van der Waals surface area contributed by atoms with Crippen LogP contribution in [0.4, 0.5) is 0 Å². The van der Waals surface area contributed by atoms with Gasteiger partial charge in [-0.1, -0.05) is 74.0 Å². The Morgan fingerprint density at radius 1 is 0.897 bits per heavy atom. The van der Waals surface area contributed by atoms with Gasteiger partial charge in [0.1, 0.15) is 12.2 Å². The van der Waals surface area contributed by atoms with Crippen LogP contribution in [0.5, 0.6) is 0 Å². The highest BCUT2D eigenvalue weighted by atomic mass is 16.8. The molecule has 2 aromatic rings. The fourth-order valence-corrected chi connectivity index (χ4v) is 4.10. The maximum Gasteiger partial charge on any atom is 0.163 e. The SMILES string of the molecule is CCCCN[C@@H](Cc1ccccc1)[C@H]1OC(C)(C)O[C@@H]1[C@@H](N)Cc1ccccc1. The van der Waals surface area contributed by atoms with Crippen molar-refractivity contribution in [3.05, 3.63) is 71.8 Å². The Kier molecular flexibility index (Phi) is 7.84. The third kappa shape index (κ3) is 6.38. The minimum Gasteiger partial charge on any atom is -0.343 e. The molecular formula is C25H36N2O2. The Hall–Kier alpha value is -1.72. The summed E-state index contributed by atoms with van der Waals surface area (Å²) in [6, 6.07) is 21.0. The summed E-state index contributed by atoms with van der Waals surface area (Å²) in [5.74, 6) is -0.634. The number of benzene rings is 2. The highest BCUT2D eigenvalue weighted by Crippen LogP contribution is 2.33. The van der Waals surface area contributed by atoms with E-state index in [1.807, 2.05) is 19.9 Å². The molecule has 158 valence electrons. The molecule has 29 heavy (non-hydrogen) atoms. The predicted octanol–water partition coefficient (Wildman–Crippen LogP) is 4.08.